The maximum atomic E-state index is 13.1. The second-order valence-corrected chi connectivity index (χ2v) is 4.94. The Hall–Kier alpha value is -2.11. The number of hydrogen-bond acceptors (Lipinski definition) is 3. The van der Waals surface area contributed by atoms with Gasteiger partial charge in [-0.25, -0.2) is 9.97 Å². The van der Waals surface area contributed by atoms with Gasteiger partial charge in [-0.05, 0) is 6.07 Å². The van der Waals surface area contributed by atoms with Crippen LogP contribution in [0, 0.1) is 0 Å². The average molecular weight is 295 g/mol. The molecule has 0 spiro atoms. The third kappa shape index (κ3) is 3.32. The molecule has 0 aliphatic heterocycles. The van der Waals surface area contributed by atoms with Crippen LogP contribution in [0.4, 0.5) is 19.0 Å². The molecule has 0 unspecified atom stereocenters. The van der Waals surface area contributed by atoms with Gasteiger partial charge < -0.3 is 5.32 Å². The van der Waals surface area contributed by atoms with E-state index in [0.717, 1.165) is 6.07 Å². The van der Waals surface area contributed by atoms with Crippen molar-refractivity contribution in [3.8, 4) is 11.3 Å². The molecule has 21 heavy (non-hydrogen) atoms. The summed E-state index contributed by atoms with van der Waals surface area (Å²) in [6, 6.07) is 6.95. The lowest BCUT2D eigenvalue weighted by molar-refractivity contribution is -0.137. The molecule has 1 N–H and O–H groups in total. The van der Waals surface area contributed by atoms with Crippen LogP contribution in [0.3, 0.4) is 0 Å². The fourth-order valence-corrected chi connectivity index (χ4v) is 1.94. The van der Waals surface area contributed by atoms with Gasteiger partial charge in [-0.15, -0.1) is 0 Å². The highest BCUT2D eigenvalue weighted by molar-refractivity contribution is 5.67. The molecule has 0 saturated carbocycles. The zero-order valence-electron chi connectivity index (χ0n) is 12.0. The third-order valence-electron chi connectivity index (χ3n) is 3.02. The first-order valence-electron chi connectivity index (χ1n) is 6.56. The highest BCUT2D eigenvalue weighted by Crippen LogP contribution is 2.36. The van der Waals surface area contributed by atoms with E-state index in [-0.39, 0.29) is 17.2 Å². The quantitative estimate of drug-likeness (QED) is 0.916. The number of alkyl halides is 3. The van der Waals surface area contributed by atoms with Crippen LogP contribution in [0.15, 0.2) is 30.3 Å². The highest BCUT2D eigenvalue weighted by atomic mass is 19.4. The van der Waals surface area contributed by atoms with Crippen LogP contribution < -0.4 is 5.32 Å². The molecule has 112 valence electrons. The molecule has 1 aromatic heterocycles. The van der Waals surface area contributed by atoms with Crippen molar-refractivity contribution in [1.29, 1.82) is 0 Å². The molecule has 0 atom stereocenters. The summed E-state index contributed by atoms with van der Waals surface area (Å²) in [6.07, 6.45) is -4.42. The van der Waals surface area contributed by atoms with Crippen molar-refractivity contribution < 1.29 is 13.2 Å². The van der Waals surface area contributed by atoms with Crippen molar-refractivity contribution in [1.82, 2.24) is 9.97 Å². The van der Waals surface area contributed by atoms with Gasteiger partial charge in [-0.2, -0.15) is 13.2 Å². The third-order valence-corrected chi connectivity index (χ3v) is 3.02. The molecule has 0 saturated heterocycles. The Labute approximate surface area is 121 Å². The number of anilines is 1. The molecule has 0 fully saturated rings. The molecule has 6 heteroatoms. The smallest absolute Gasteiger partial charge is 0.373 e. The van der Waals surface area contributed by atoms with Crippen molar-refractivity contribution in [2.45, 2.75) is 25.9 Å². The van der Waals surface area contributed by atoms with Crippen LogP contribution in [-0.4, -0.2) is 17.0 Å². The Morgan fingerprint density at radius 3 is 2.33 bits per heavy atom. The minimum Gasteiger partial charge on any atom is -0.373 e. The number of rotatable bonds is 3. The number of nitrogens with zero attached hydrogens (tertiary/aromatic N) is 2. The molecular weight excluding hydrogens is 279 g/mol. The number of halogens is 3. The van der Waals surface area contributed by atoms with Crippen molar-refractivity contribution >= 4 is 5.82 Å². The van der Waals surface area contributed by atoms with Crippen LogP contribution >= 0.6 is 0 Å². The zero-order chi connectivity index (χ0) is 15.6. The first-order valence-corrected chi connectivity index (χ1v) is 6.56. The molecule has 1 heterocycles. The van der Waals surface area contributed by atoms with Gasteiger partial charge in [0.25, 0.3) is 0 Å². The van der Waals surface area contributed by atoms with Crippen LogP contribution in [0.5, 0.6) is 0 Å². The van der Waals surface area contributed by atoms with Crippen molar-refractivity contribution in [2.75, 3.05) is 12.4 Å². The lowest BCUT2D eigenvalue weighted by Gasteiger charge is -2.14. The maximum Gasteiger partial charge on any atom is 0.417 e. The predicted molar refractivity (Wildman–Crippen MR) is 76.1 cm³/mol. The van der Waals surface area contributed by atoms with E-state index in [1.165, 1.54) is 18.2 Å². The summed E-state index contributed by atoms with van der Waals surface area (Å²) >= 11 is 0. The summed E-state index contributed by atoms with van der Waals surface area (Å²) in [5.41, 5.74) is -0.364. The fraction of sp³-hybridized carbons (Fsp3) is 0.333. The molecule has 0 aliphatic rings. The van der Waals surface area contributed by atoms with Gasteiger partial charge in [0.05, 0.1) is 11.3 Å². The summed E-state index contributed by atoms with van der Waals surface area (Å²) in [6.45, 7) is 3.79. The minimum absolute atomic E-state index is 0.0232. The van der Waals surface area contributed by atoms with Crippen molar-refractivity contribution in [2.24, 2.45) is 0 Å². The summed E-state index contributed by atoms with van der Waals surface area (Å²) in [7, 11) is 1.67. The van der Waals surface area contributed by atoms with E-state index in [4.69, 9.17) is 0 Å². The van der Waals surface area contributed by atoms with Gasteiger partial charge >= 0.3 is 6.18 Å². The number of aromatic nitrogens is 2. The van der Waals surface area contributed by atoms with E-state index in [2.05, 4.69) is 15.3 Å². The standard InChI is InChI=1S/C15H16F3N3/c1-9(2)14-20-12(8-13(19-3)21-14)10-6-4-5-7-11(10)15(16,17)18/h4-9H,1-3H3,(H,19,20,21). The summed E-state index contributed by atoms with van der Waals surface area (Å²) in [4.78, 5) is 8.54. The van der Waals surface area contributed by atoms with Gasteiger partial charge in [0, 0.05) is 24.6 Å². The first kappa shape index (κ1) is 15.3. The molecule has 0 aliphatic carbocycles. The first-order chi connectivity index (χ1) is 9.82. The Morgan fingerprint density at radius 1 is 1.10 bits per heavy atom. The molecule has 0 bridgehead atoms. The Morgan fingerprint density at radius 2 is 1.76 bits per heavy atom. The van der Waals surface area contributed by atoms with Crippen LogP contribution in [0.25, 0.3) is 11.3 Å². The molecule has 2 rings (SSSR count). The SMILES string of the molecule is CNc1cc(-c2ccccc2C(F)(F)F)nc(C(C)C)n1. The predicted octanol–water partition coefficient (Wildman–Crippen LogP) is 4.33. The number of benzene rings is 1. The maximum absolute atomic E-state index is 13.1. The van der Waals surface area contributed by atoms with Crippen LogP contribution in [0.1, 0.15) is 31.2 Å². The normalized spacial score (nSPS) is 11.8. The van der Waals surface area contributed by atoms with E-state index >= 15 is 0 Å². The van der Waals surface area contributed by atoms with Crippen molar-refractivity contribution in [3.05, 3.63) is 41.7 Å². The lowest BCUT2D eigenvalue weighted by atomic mass is 10.0. The Balaban J connectivity index is 2.64. The van der Waals surface area contributed by atoms with Gasteiger partial charge in [0.2, 0.25) is 0 Å². The monoisotopic (exact) mass is 295 g/mol. The topological polar surface area (TPSA) is 37.8 Å². The van der Waals surface area contributed by atoms with E-state index < -0.39 is 11.7 Å². The zero-order valence-corrected chi connectivity index (χ0v) is 12.0. The van der Waals surface area contributed by atoms with Crippen molar-refractivity contribution in [3.63, 3.8) is 0 Å². The molecular formula is C15H16F3N3. The Kier molecular flexibility index (Phi) is 4.16. The number of nitrogens with one attached hydrogen (secondary N) is 1. The van der Waals surface area contributed by atoms with Crippen LogP contribution in [0.2, 0.25) is 0 Å². The summed E-state index contributed by atoms with van der Waals surface area (Å²) in [5.74, 6) is 1.03. The molecule has 2 aromatic rings. The Bertz CT molecular complexity index is 636. The molecule has 0 radical (unpaired) electrons. The molecule has 1 aromatic carbocycles. The highest BCUT2D eigenvalue weighted by Gasteiger charge is 2.33. The van der Waals surface area contributed by atoms with E-state index in [1.54, 1.807) is 13.1 Å². The minimum atomic E-state index is -4.42. The lowest BCUT2D eigenvalue weighted by Crippen LogP contribution is -2.09. The molecule has 3 nitrogen and oxygen atoms in total. The van der Waals surface area contributed by atoms with Gasteiger partial charge in [-0.1, -0.05) is 32.0 Å². The van der Waals surface area contributed by atoms with Gasteiger partial charge in [0.1, 0.15) is 11.6 Å². The van der Waals surface area contributed by atoms with E-state index in [0.29, 0.717) is 11.6 Å². The fourth-order valence-electron chi connectivity index (χ4n) is 1.94. The molecule has 0 amide bonds. The van der Waals surface area contributed by atoms with Gasteiger partial charge in [-0.3, -0.25) is 0 Å². The van der Waals surface area contributed by atoms with Gasteiger partial charge in [0.15, 0.2) is 0 Å². The number of hydrogen-bond donors (Lipinski definition) is 1. The van der Waals surface area contributed by atoms with E-state index in [9.17, 15) is 13.2 Å². The second-order valence-electron chi connectivity index (χ2n) is 4.94. The summed E-state index contributed by atoms with van der Waals surface area (Å²) < 4.78 is 39.3. The average Bonchev–Trinajstić information content (AvgIpc) is 2.45. The van der Waals surface area contributed by atoms with Crippen LogP contribution in [-0.2, 0) is 6.18 Å². The van der Waals surface area contributed by atoms with E-state index in [1.807, 2.05) is 13.8 Å². The second kappa shape index (κ2) is 5.71. The summed E-state index contributed by atoms with van der Waals surface area (Å²) in [5, 5.41) is 2.86. The largest absolute Gasteiger partial charge is 0.417 e.